The average Bonchev–Trinajstić information content (AvgIpc) is 2.20. The molecule has 0 fully saturated rings. The van der Waals surface area contributed by atoms with Gasteiger partial charge in [-0.2, -0.15) is 0 Å². The number of hydrogen-bond donors (Lipinski definition) is 0. The first-order valence-electron chi connectivity index (χ1n) is 4.13. The van der Waals surface area contributed by atoms with E-state index in [2.05, 4.69) is 20.9 Å². The molecule has 3 heteroatoms. The molecule has 2 aromatic rings. The summed E-state index contributed by atoms with van der Waals surface area (Å²) in [7, 11) is 0. The van der Waals surface area contributed by atoms with E-state index in [1.807, 2.05) is 30.3 Å². The Morgan fingerprint density at radius 1 is 1.07 bits per heavy atom. The number of nitrogens with zero attached hydrogens (tertiary/aromatic N) is 1. The lowest BCUT2D eigenvalue weighted by Gasteiger charge is -2.03. The lowest BCUT2D eigenvalue weighted by Crippen LogP contribution is -1.80. The van der Waals surface area contributed by atoms with Crippen molar-refractivity contribution >= 4 is 27.5 Å². The molecule has 1 aromatic heterocycles. The number of hydrogen-bond acceptors (Lipinski definition) is 1. The van der Waals surface area contributed by atoms with Gasteiger partial charge in [-0.15, -0.1) is 0 Å². The largest absolute Gasteiger partial charge is 0.263 e. The molecule has 0 amide bonds. The first-order valence-corrected chi connectivity index (χ1v) is 5.30. The van der Waals surface area contributed by atoms with Gasteiger partial charge in [0.2, 0.25) is 0 Å². The maximum absolute atomic E-state index is 6.02. The van der Waals surface area contributed by atoms with Crippen molar-refractivity contribution in [3.05, 3.63) is 52.2 Å². The molecule has 70 valence electrons. The van der Waals surface area contributed by atoms with Crippen molar-refractivity contribution in [3.63, 3.8) is 0 Å². The van der Waals surface area contributed by atoms with Crippen molar-refractivity contribution in [2.45, 2.75) is 0 Å². The van der Waals surface area contributed by atoms with Crippen LogP contribution < -0.4 is 0 Å². The van der Waals surface area contributed by atoms with Crippen LogP contribution in [0.25, 0.3) is 11.1 Å². The first kappa shape index (κ1) is 9.69. The Kier molecular flexibility index (Phi) is 2.85. The van der Waals surface area contributed by atoms with Gasteiger partial charge in [0.1, 0.15) is 0 Å². The molecule has 14 heavy (non-hydrogen) atoms. The lowest BCUT2D eigenvalue weighted by molar-refractivity contribution is 1.33. The van der Waals surface area contributed by atoms with Gasteiger partial charge in [-0.25, -0.2) is 0 Å². The minimum atomic E-state index is 0.676. The zero-order valence-corrected chi connectivity index (χ0v) is 9.59. The first-order chi connectivity index (χ1) is 6.77. The highest BCUT2D eigenvalue weighted by molar-refractivity contribution is 9.10. The second-order valence-electron chi connectivity index (χ2n) is 2.86. The van der Waals surface area contributed by atoms with Crippen molar-refractivity contribution in [2.75, 3.05) is 0 Å². The van der Waals surface area contributed by atoms with E-state index in [4.69, 9.17) is 11.6 Å². The van der Waals surface area contributed by atoms with Crippen molar-refractivity contribution in [1.29, 1.82) is 0 Å². The van der Waals surface area contributed by atoms with Crippen LogP contribution in [0.1, 0.15) is 0 Å². The van der Waals surface area contributed by atoms with Crippen LogP contribution in [0.3, 0.4) is 0 Å². The Labute approximate surface area is 95.9 Å². The molecule has 2 rings (SSSR count). The third-order valence-electron chi connectivity index (χ3n) is 1.93. The van der Waals surface area contributed by atoms with Crippen molar-refractivity contribution in [3.8, 4) is 11.1 Å². The Morgan fingerprint density at radius 2 is 1.79 bits per heavy atom. The van der Waals surface area contributed by atoms with E-state index in [1.165, 1.54) is 0 Å². The smallest absolute Gasteiger partial charge is 0.0667 e. The van der Waals surface area contributed by atoms with Gasteiger partial charge in [0, 0.05) is 22.4 Å². The van der Waals surface area contributed by atoms with Crippen LogP contribution in [0.4, 0.5) is 0 Å². The highest BCUT2D eigenvalue weighted by atomic mass is 79.9. The van der Waals surface area contributed by atoms with Gasteiger partial charge in [0.25, 0.3) is 0 Å². The summed E-state index contributed by atoms with van der Waals surface area (Å²) in [6.45, 7) is 0. The van der Waals surface area contributed by atoms with Gasteiger partial charge in [-0.1, -0.05) is 39.7 Å². The van der Waals surface area contributed by atoms with E-state index in [1.54, 1.807) is 12.4 Å². The number of rotatable bonds is 1. The van der Waals surface area contributed by atoms with Gasteiger partial charge in [0.15, 0.2) is 0 Å². The van der Waals surface area contributed by atoms with Crippen LogP contribution in [0.5, 0.6) is 0 Å². The third-order valence-corrected chi connectivity index (χ3v) is 2.76. The second kappa shape index (κ2) is 4.11. The van der Waals surface area contributed by atoms with Crippen LogP contribution in [0, 0.1) is 0 Å². The van der Waals surface area contributed by atoms with E-state index in [0.29, 0.717) is 5.02 Å². The van der Waals surface area contributed by atoms with E-state index < -0.39 is 0 Å². The Bertz CT molecular complexity index is 439. The monoisotopic (exact) mass is 267 g/mol. The molecule has 0 bridgehead atoms. The van der Waals surface area contributed by atoms with Crippen molar-refractivity contribution < 1.29 is 0 Å². The maximum atomic E-state index is 6.02. The molecule has 0 aliphatic carbocycles. The number of pyridine rings is 1. The summed E-state index contributed by atoms with van der Waals surface area (Å²) in [5, 5.41) is 0.676. The number of aromatic nitrogens is 1. The molecule has 0 N–H and O–H groups in total. The highest BCUT2D eigenvalue weighted by Gasteiger charge is 2.01. The van der Waals surface area contributed by atoms with Crippen molar-refractivity contribution in [2.24, 2.45) is 0 Å². The zero-order chi connectivity index (χ0) is 9.97. The summed E-state index contributed by atoms with van der Waals surface area (Å²) in [4.78, 5) is 3.95. The van der Waals surface area contributed by atoms with Crippen LogP contribution in [0.2, 0.25) is 5.02 Å². The summed E-state index contributed by atoms with van der Waals surface area (Å²) in [6, 6.07) is 9.93. The Morgan fingerprint density at radius 3 is 2.43 bits per heavy atom. The summed E-state index contributed by atoms with van der Waals surface area (Å²) in [5.41, 5.74) is 2.11. The third kappa shape index (κ3) is 1.97. The molecule has 1 nitrogen and oxygen atoms in total. The van der Waals surface area contributed by atoms with Crippen molar-refractivity contribution in [1.82, 2.24) is 4.98 Å². The standard InChI is InChI=1S/C11H7BrClN/c12-9-3-1-8(2-4-9)10-5-6-14-7-11(10)13/h1-7H. The minimum Gasteiger partial charge on any atom is -0.263 e. The Hall–Kier alpha value is -0.860. The maximum Gasteiger partial charge on any atom is 0.0667 e. The molecular weight excluding hydrogens is 261 g/mol. The summed E-state index contributed by atoms with van der Waals surface area (Å²) in [6.07, 6.45) is 3.39. The quantitative estimate of drug-likeness (QED) is 0.756. The Balaban J connectivity index is 2.50. The zero-order valence-electron chi connectivity index (χ0n) is 7.24. The van der Waals surface area contributed by atoms with Gasteiger partial charge in [-0.05, 0) is 23.8 Å². The van der Waals surface area contributed by atoms with E-state index >= 15 is 0 Å². The molecule has 0 aliphatic rings. The highest BCUT2D eigenvalue weighted by Crippen LogP contribution is 2.27. The van der Waals surface area contributed by atoms with Crippen LogP contribution in [-0.4, -0.2) is 4.98 Å². The molecular formula is C11H7BrClN. The van der Waals surface area contributed by atoms with Gasteiger partial charge in [0.05, 0.1) is 5.02 Å². The topological polar surface area (TPSA) is 12.9 Å². The predicted molar refractivity (Wildman–Crippen MR) is 62.4 cm³/mol. The number of halogens is 2. The second-order valence-corrected chi connectivity index (χ2v) is 4.19. The van der Waals surface area contributed by atoms with Crippen LogP contribution in [0.15, 0.2) is 47.2 Å². The molecule has 0 atom stereocenters. The SMILES string of the molecule is Clc1cnccc1-c1ccc(Br)cc1. The lowest BCUT2D eigenvalue weighted by atomic mass is 10.1. The fourth-order valence-corrected chi connectivity index (χ4v) is 1.73. The molecule has 0 saturated heterocycles. The normalized spacial score (nSPS) is 10.1. The molecule has 0 spiro atoms. The van der Waals surface area contributed by atoms with Gasteiger partial charge in [-0.3, -0.25) is 4.98 Å². The summed E-state index contributed by atoms with van der Waals surface area (Å²) < 4.78 is 1.06. The molecule has 0 aliphatic heterocycles. The van der Waals surface area contributed by atoms with Gasteiger partial charge >= 0.3 is 0 Å². The fourth-order valence-electron chi connectivity index (χ4n) is 1.24. The van der Waals surface area contributed by atoms with E-state index in [9.17, 15) is 0 Å². The minimum absolute atomic E-state index is 0.676. The molecule has 1 heterocycles. The van der Waals surface area contributed by atoms with Crippen LogP contribution >= 0.6 is 27.5 Å². The average molecular weight is 269 g/mol. The molecule has 1 aromatic carbocycles. The molecule has 0 saturated carbocycles. The molecule has 0 radical (unpaired) electrons. The van der Waals surface area contributed by atoms with Crippen LogP contribution in [-0.2, 0) is 0 Å². The summed E-state index contributed by atoms with van der Waals surface area (Å²) in [5.74, 6) is 0. The van der Waals surface area contributed by atoms with E-state index in [-0.39, 0.29) is 0 Å². The predicted octanol–water partition coefficient (Wildman–Crippen LogP) is 4.16. The van der Waals surface area contributed by atoms with Gasteiger partial charge < -0.3 is 0 Å². The van der Waals surface area contributed by atoms with E-state index in [0.717, 1.165) is 15.6 Å². The summed E-state index contributed by atoms with van der Waals surface area (Å²) >= 11 is 9.42. The fraction of sp³-hybridized carbons (Fsp3) is 0. The number of benzene rings is 1. The molecule has 0 unspecified atom stereocenters.